The second-order valence-electron chi connectivity index (χ2n) is 10.4. The average Bonchev–Trinajstić information content (AvgIpc) is 3.47. The van der Waals surface area contributed by atoms with Gasteiger partial charge in [0.2, 0.25) is 11.8 Å². The summed E-state index contributed by atoms with van der Waals surface area (Å²) < 4.78 is 12.5. The van der Waals surface area contributed by atoms with Gasteiger partial charge in [-0.3, -0.25) is 14.4 Å². The van der Waals surface area contributed by atoms with E-state index in [0.29, 0.717) is 47.2 Å². The van der Waals surface area contributed by atoms with Crippen LogP contribution in [0.1, 0.15) is 49.0 Å². The molecule has 0 saturated carbocycles. The molecule has 3 aromatic carbocycles. The molecule has 2 amide bonds. The van der Waals surface area contributed by atoms with Gasteiger partial charge in [-0.15, -0.1) is 0 Å². The number of imide groups is 1. The van der Waals surface area contributed by atoms with Gasteiger partial charge in [0, 0.05) is 17.4 Å². The van der Waals surface area contributed by atoms with Crippen LogP contribution in [0.4, 0.5) is 5.69 Å². The van der Waals surface area contributed by atoms with E-state index in [9.17, 15) is 19.6 Å². The highest BCUT2D eigenvalue weighted by atomic mass is 16.5. The summed E-state index contributed by atoms with van der Waals surface area (Å²) in [5.41, 5.74) is -0.341. The molecule has 3 saturated heterocycles. The van der Waals surface area contributed by atoms with E-state index in [0.717, 1.165) is 5.39 Å². The summed E-state index contributed by atoms with van der Waals surface area (Å²) in [4.78, 5) is 40.6. The Balaban J connectivity index is 1.31. The number of ketones is 1. The van der Waals surface area contributed by atoms with Crippen LogP contribution < -0.4 is 9.64 Å². The molecule has 3 aliphatic heterocycles. The van der Waals surface area contributed by atoms with Crippen molar-refractivity contribution < 1.29 is 23.9 Å². The molecule has 0 radical (unpaired) electrons. The monoisotopic (exact) mass is 494 g/mol. The fraction of sp³-hybridized carbons (Fsp3) is 0.333. The lowest BCUT2D eigenvalue weighted by Crippen LogP contribution is -2.43. The summed E-state index contributed by atoms with van der Waals surface area (Å²) in [6, 6.07) is 20.2. The number of amides is 2. The molecular weight excluding hydrogens is 468 g/mol. The van der Waals surface area contributed by atoms with Crippen molar-refractivity contribution in [3.05, 3.63) is 71.8 Å². The third-order valence-electron chi connectivity index (χ3n) is 8.31. The van der Waals surface area contributed by atoms with Gasteiger partial charge in [0.05, 0.1) is 40.9 Å². The first-order valence-corrected chi connectivity index (χ1v) is 12.5. The van der Waals surface area contributed by atoms with E-state index < -0.39 is 23.0 Å². The van der Waals surface area contributed by atoms with Crippen LogP contribution in [0.2, 0.25) is 0 Å². The standard InChI is InChI=1S/C30H26N2O5/c1-18(33)20-7-5-8-21(16-20)36-15-14-30-13-12-29(2,37-30)25-26(30)28(35)32(27(25)34)24-11-10-19-6-3-4-9-22(19)23(24)17-31/h3-11,16,25-26H,12-15H2,1-2H3. The number of nitriles is 1. The van der Waals surface area contributed by atoms with Crippen molar-refractivity contribution in [3.8, 4) is 11.8 Å². The van der Waals surface area contributed by atoms with Crippen LogP contribution in [-0.2, 0) is 14.3 Å². The van der Waals surface area contributed by atoms with Crippen LogP contribution in [-0.4, -0.2) is 35.4 Å². The number of Topliss-reactive ketones (excluding diaryl/α,β-unsaturated/α-hetero) is 1. The topological polar surface area (TPSA) is 96.7 Å². The first-order chi connectivity index (χ1) is 17.8. The summed E-state index contributed by atoms with van der Waals surface area (Å²) in [6.45, 7) is 3.70. The molecule has 37 heavy (non-hydrogen) atoms. The zero-order valence-electron chi connectivity index (χ0n) is 20.7. The van der Waals surface area contributed by atoms with Crippen LogP contribution in [0.5, 0.6) is 5.75 Å². The van der Waals surface area contributed by atoms with E-state index in [4.69, 9.17) is 9.47 Å². The molecule has 186 valence electrons. The predicted octanol–water partition coefficient (Wildman–Crippen LogP) is 4.81. The molecule has 6 rings (SSSR count). The van der Waals surface area contributed by atoms with Gasteiger partial charge in [0.15, 0.2) is 5.78 Å². The number of hydrogen-bond acceptors (Lipinski definition) is 6. The van der Waals surface area contributed by atoms with Crippen molar-refractivity contribution in [1.29, 1.82) is 5.26 Å². The van der Waals surface area contributed by atoms with Gasteiger partial charge in [0.25, 0.3) is 0 Å². The average molecular weight is 495 g/mol. The summed E-state index contributed by atoms with van der Waals surface area (Å²) in [5.74, 6) is -1.33. The van der Waals surface area contributed by atoms with Gasteiger partial charge < -0.3 is 9.47 Å². The first kappa shape index (κ1) is 23.4. The van der Waals surface area contributed by atoms with Gasteiger partial charge in [-0.05, 0) is 50.3 Å². The maximum Gasteiger partial charge on any atom is 0.240 e. The second-order valence-corrected chi connectivity index (χ2v) is 10.4. The fourth-order valence-corrected chi connectivity index (χ4v) is 6.56. The highest BCUT2D eigenvalue weighted by molar-refractivity contribution is 6.24. The SMILES string of the molecule is CC(=O)c1cccc(OCCC23CCC(C)(O2)C2C(=O)N(c4ccc5ccccc5c4C#N)C(=O)C23)c1. The predicted molar refractivity (Wildman–Crippen MR) is 136 cm³/mol. The van der Waals surface area contributed by atoms with Crippen LogP contribution in [0.15, 0.2) is 60.7 Å². The number of fused-ring (bicyclic) bond motifs is 6. The van der Waals surface area contributed by atoms with Gasteiger partial charge in [-0.25, -0.2) is 4.90 Å². The van der Waals surface area contributed by atoms with Crippen molar-refractivity contribution in [3.63, 3.8) is 0 Å². The van der Waals surface area contributed by atoms with Gasteiger partial charge in [-0.1, -0.05) is 42.5 Å². The smallest absolute Gasteiger partial charge is 0.240 e. The Morgan fingerprint density at radius 2 is 1.86 bits per heavy atom. The minimum Gasteiger partial charge on any atom is -0.493 e. The molecule has 0 aliphatic carbocycles. The van der Waals surface area contributed by atoms with Gasteiger partial charge >= 0.3 is 0 Å². The quantitative estimate of drug-likeness (QED) is 0.360. The molecule has 3 aliphatic rings. The Kier molecular flexibility index (Phi) is 5.22. The zero-order chi connectivity index (χ0) is 25.9. The number of rotatable bonds is 6. The lowest BCUT2D eigenvalue weighted by atomic mass is 9.67. The molecule has 4 unspecified atom stereocenters. The Hall–Kier alpha value is -4.02. The third kappa shape index (κ3) is 3.40. The number of anilines is 1. The fourth-order valence-electron chi connectivity index (χ4n) is 6.56. The van der Waals surface area contributed by atoms with Crippen molar-refractivity contribution in [1.82, 2.24) is 0 Å². The molecule has 0 N–H and O–H groups in total. The maximum atomic E-state index is 13.9. The first-order valence-electron chi connectivity index (χ1n) is 12.5. The van der Waals surface area contributed by atoms with Gasteiger partial charge in [-0.2, -0.15) is 5.26 Å². The van der Waals surface area contributed by atoms with Crippen LogP contribution in [0.3, 0.4) is 0 Å². The molecule has 3 fully saturated rings. The molecule has 0 spiro atoms. The molecular formula is C30H26N2O5. The highest BCUT2D eigenvalue weighted by Crippen LogP contribution is 2.62. The maximum absolute atomic E-state index is 13.9. The number of nitrogens with zero attached hydrogens (tertiary/aromatic N) is 2. The van der Waals surface area contributed by atoms with Crippen molar-refractivity contribution in [2.24, 2.45) is 11.8 Å². The largest absolute Gasteiger partial charge is 0.493 e. The number of carbonyl (C=O) groups excluding carboxylic acids is 3. The molecule has 0 aromatic heterocycles. The Labute approximate surface area is 214 Å². The van der Waals surface area contributed by atoms with Crippen LogP contribution in [0.25, 0.3) is 10.8 Å². The van der Waals surface area contributed by atoms with Crippen LogP contribution in [0, 0.1) is 23.2 Å². The summed E-state index contributed by atoms with van der Waals surface area (Å²) >= 11 is 0. The van der Waals surface area contributed by atoms with Crippen molar-refractivity contribution in [2.75, 3.05) is 11.5 Å². The summed E-state index contributed by atoms with van der Waals surface area (Å²) in [7, 11) is 0. The van der Waals surface area contributed by atoms with Crippen molar-refractivity contribution >= 4 is 34.1 Å². The molecule has 7 nitrogen and oxygen atoms in total. The highest BCUT2D eigenvalue weighted by Gasteiger charge is 2.74. The molecule has 4 atom stereocenters. The molecule has 7 heteroatoms. The van der Waals surface area contributed by atoms with E-state index in [2.05, 4.69) is 6.07 Å². The Morgan fingerprint density at radius 3 is 2.65 bits per heavy atom. The van der Waals surface area contributed by atoms with E-state index in [1.54, 1.807) is 30.3 Å². The zero-order valence-corrected chi connectivity index (χ0v) is 20.7. The number of ether oxygens (including phenoxy) is 2. The number of benzene rings is 3. The molecule has 3 heterocycles. The summed E-state index contributed by atoms with van der Waals surface area (Å²) in [6.07, 6.45) is 1.75. The van der Waals surface area contributed by atoms with E-state index in [1.807, 2.05) is 37.3 Å². The lowest BCUT2D eigenvalue weighted by molar-refractivity contribution is -0.131. The van der Waals surface area contributed by atoms with Gasteiger partial charge in [0.1, 0.15) is 11.8 Å². The van der Waals surface area contributed by atoms with E-state index in [1.165, 1.54) is 11.8 Å². The molecule has 2 bridgehead atoms. The van der Waals surface area contributed by atoms with E-state index in [-0.39, 0.29) is 24.2 Å². The van der Waals surface area contributed by atoms with Crippen molar-refractivity contribution in [2.45, 2.75) is 44.3 Å². The molecule has 3 aromatic rings. The normalized spacial score (nSPS) is 28.0. The number of hydrogen-bond donors (Lipinski definition) is 0. The Morgan fingerprint density at radius 1 is 1.08 bits per heavy atom. The van der Waals surface area contributed by atoms with Crippen LogP contribution >= 0.6 is 0 Å². The second kappa shape index (κ2) is 8.25. The third-order valence-corrected chi connectivity index (χ3v) is 8.31. The van der Waals surface area contributed by atoms with E-state index >= 15 is 0 Å². The minimum absolute atomic E-state index is 0.0434. The summed E-state index contributed by atoms with van der Waals surface area (Å²) in [5, 5.41) is 11.6. The minimum atomic E-state index is -0.817. The lowest BCUT2D eigenvalue weighted by Gasteiger charge is -2.31. The Bertz CT molecular complexity index is 1520. The number of carbonyl (C=O) groups is 3.